The van der Waals surface area contributed by atoms with Gasteiger partial charge in [-0.1, -0.05) is 34.8 Å². The Bertz CT molecular complexity index is 863. The summed E-state index contributed by atoms with van der Waals surface area (Å²) >= 11 is 17.7. The maximum Gasteiger partial charge on any atom is 0.436 e. The molecule has 0 bridgehead atoms. The van der Waals surface area contributed by atoms with Gasteiger partial charge in [-0.3, -0.25) is 9.48 Å². The molecule has 4 nitrogen and oxygen atoms in total. The highest BCUT2D eigenvalue weighted by Gasteiger charge is 2.41. The normalized spacial score (nSPS) is 14.4. The van der Waals surface area contributed by atoms with Crippen molar-refractivity contribution in [2.24, 2.45) is 0 Å². The molecule has 27 heavy (non-hydrogen) atoms. The average Bonchev–Trinajstić information content (AvgIpc) is 3.34. The van der Waals surface area contributed by atoms with Crippen molar-refractivity contribution in [2.45, 2.75) is 37.9 Å². The zero-order valence-electron chi connectivity index (χ0n) is 13.9. The molecule has 146 valence electrons. The van der Waals surface area contributed by atoms with Crippen LogP contribution in [0.2, 0.25) is 15.1 Å². The van der Waals surface area contributed by atoms with Crippen LogP contribution in [0.3, 0.4) is 0 Å². The molecule has 0 unspecified atom stereocenters. The summed E-state index contributed by atoms with van der Waals surface area (Å²) in [5.41, 5.74) is -0.347. The van der Waals surface area contributed by atoms with Crippen LogP contribution in [-0.4, -0.2) is 22.2 Å². The second-order valence-electron chi connectivity index (χ2n) is 6.28. The van der Waals surface area contributed by atoms with Crippen molar-refractivity contribution in [2.75, 3.05) is 6.54 Å². The number of rotatable bonds is 6. The van der Waals surface area contributed by atoms with E-state index in [9.17, 15) is 18.0 Å². The van der Waals surface area contributed by atoms with Crippen molar-refractivity contribution in [3.8, 4) is 0 Å². The number of hydrogen-bond acceptors (Lipinski definition) is 2. The predicted molar refractivity (Wildman–Crippen MR) is 97.6 cm³/mol. The van der Waals surface area contributed by atoms with E-state index in [0.29, 0.717) is 17.1 Å². The van der Waals surface area contributed by atoms with E-state index in [0.717, 1.165) is 12.8 Å². The number of hydrogen-bond donors (Lipinski definition) is 1. The number of aromatic nitrogens is 2. The van der Waals surface area contributed by atoms with Crippen LogP contribution in [0, 0.1) is 0 Å². The second-order valence-corrected chi connectivity index (χ2v) is 7.50. The number of halogens is 6. The third kappa shape index (κ3) is 4.70. The molecule has 1 aromatic carbocycles. The van der Waals surface area contributed by atoms with Crippen molar-refractivity contribution >= 4 is 40.7 Å². The predicted octanol–water partition coefficient (Wildman–Crippen LogP) is 5.56. The van der Waals surface area contributed by atoms with Crippen molar-refractivity contribution in [1.82, 2.24) is 15.1 Å². The number of nitrogens with one attached hydrogen (secondary N) is 1. The van der Waals surface area contributed by atoms with E-state index in [-0.39, 0.29) is 40.5 Å². The molecule has 0 radical (unpaired) electrons. The zero-order valence-corrected chi connectivity index (χ0v) is 16.2. The van der Waals surface area contributed by atoms with Gasteiger partial charge >= 0.3 is 6.18 Å². The Hall–Kier alpha value is -1.44. The molecule has 1 amide bonds. The largest absolute Gasteiger partial charge is 0.436 e. The van der Waals surface area contributed by atoms with Gasteiger partial charge in [0.25, 0.3) is 5.91 Å². The SMILES string of the molecule is O=C(NCCCn1nc(C(F)(F)F)c(Cl)c1C1CC1)c1ccc(Cl)cc1Cl. The van der Waals surface area contributed by atoms with Gasteiger partial charge in [-0.25, -0.2) is 0 Å². The molecule has 0 saturated heterocycles. The van der Waals surface area contributed by atoms with Gasteiger partial charge in [0.1, 0.15) is 0 Å². The number of carbonyl (C=O) groups excluding carboxylic acids is 1. The number of benzene rings is 1. The number of nitrogens with zero attached hydrogens (tertiary/aromatic N) is 2. The summed E-state index contributed by atoms with van der Waals surface area (Å²) in [6, 6.07) is 4.52. The molecule has 10 heteroatoms. The molecule has 0 spiro atoms. The Morgan fingerprint density at radius 3 is 2.56 bits per heavy atom. The van der Waals surface area contributed by atoms with Crippen LogP contribution >= 0.6 is 34.8 Å². The molecule has 1 saturated carbocycles. The summed E-state index contributed by atoms with van der Waals surface area (Å²) in [6.07, 6.45) is -2.60. The van der Waals surface area contributed by atoms with Gasteiger partial charge in [0, 0.05) is 24.0 Å². The van der Waals surface area contributed by atoms with Gasteiger partial charge < -0.3 is 5.32 Å². The zero-order chi connectivity index (χ0) is 19.8. The molecule has 2 aromatic rings. The maximum atomic E-state index is 13.0. The molecule has 0 aliphatic heterocycles. The van der Waals surface area contributed by atoms with Crippen LogP contribution in [0.4, 0.5) is 13.2 Å². The lowest BCUT2D eigenvalue weighted by Gasteiger charge is -2.09. The Morgan fingerprint density at radius 1 is 1.26 bits per heavy atom. The summed E-state index contributed by atoms with van der Waals surface area (Å²) in [6.45, 7) is 0.469. The van der Waals surface area contributed by atoms with Crippen molar-refractivity contribution in [1.29, 1.82) is 0 Å². The summed E-state index contributed by atoms with van der Waals surface area (Å²) in [5.74, 6) is -0.364. The van der Waals surface area contributed by atoms with Gasteiger partial charge in [-0.2, -0.15) is 18.3 Å². The summed E-state index contributed by atoms with van der Waals surface area (Å²) in [5, 5.41) is 6.66. The molecule has 3 rings (SSSR count). The molecular formula is C17H15Cl3F3N3O. The average molecular weight is 441 g/mol. The number of carbonyl (C=O) groups is 1. The molecule has 1 aliphatic rings. The minimum absolute atomic E-state index is 0.0172. The fourth-order valence-corrected chi connectivity index (χ4v) is 3.64. The molecule has 1 heterocycles. The Balaban J connectivity index is 1.61. The van der Waals surface area contributed by atoms with E-state index in [2.05, 4.69) is 10.4 Å². The second kappa shape index (κ2) is 7.89. The van der Waals surface area contributed by atoms with Gasteiger partial charge in [0.2, 0.25) is 0 Å². The first-order valence-electron chi connectivity index (χ1n) is 8.25. The number of aryl methyl sites for hydroxylation is 1. The van der Waals surface area contributed by atoms with Crippen molar-refractivity contribution in [3.05, 3.63) is 50.2 Å². The summed E-state index contributed by atoms with van der Waals surface area (Å²) in [7, 11) is 0. The van der Waals surface area contributed by atoms with Crippen molar-refractivity contribution in [3.63, 3.8) is 0 Å². The summed E-state index contributed by atoms with van der Waals surface area (Å²) in [4.78, 5) is 12.1. The van der Waals surface area contributed by atoms with Gasteiger partial charge in [0.15, 0.2) is 5.69 Å². The quantitative estimate of drug-likeness (QED) is 0.598. The van der Waals surface area contributed by atoms with Crippen LogP contribution in [0.1, 0.15) is 46.9 Å². The first-order valence-corrected chi connectivity index (χ1v) is 9.38. The number of amides is 1. The fourth-order valence-electron chi connectivity index (χ4n) is 2.75. The van der Waals surface area contributed by atoms with Gasteiger partial charge in [-0.15, -0.1) is 0 Å². The maximum absolute atomic E-state index is 13.0. The minimum Gasteiger partial charge on any atom is -0.352 e. The van der Waals surface area contributed by atoms with Gasteiger partial charge in [0.05, 0.1) is 21.3 Å². The molecule has 1 aromatic heterocycles. The van der Waals surface area contributed by atoms with Crippen molar-refractivity contribution < 1.29 is 18.0 Å². The van der Waals surface area contributed by atoms with Crippen LogP contribution in [0.5, 0.6) is 0 Å². The monoisotopic (exact) mass is 439 g/mol. The Kier molecular flexibility index (Phi) is 5.93. The van der Waals surface area contributed by atoms with E-state index in [4.69, 9.17) is 34.8 Å². The first-order chi connectivity index (χ1) is 12.7. The van der Waals surface area contributed by atoms with Crippen LogP contribution < -0.4 is 5.32 Å². The third-order valence-corrected chi connectivity index (χ3v) is 5.09. The lowest BCUT2D eigenvalue weighted by molar-refractivity contribution is -0.141. The molecule has 1 fully saturated rings. The number of alkyl halides is 3. The van der Waals surface area contributed by atoms with E-state index >= 15 is 0 Å². The molecular weight excluding hydrogens is 426 g/mol. The van der Waals surface area contributed by atoms with E-state index in [1.54, 1.807) is 6.07 Å². The first kappa shape index (κ1) is 20.3. The van der Waals surface area contributed by atoms with E-state index in [1.165, 1.54) is 16.8 Å². The van der Waals surface area contributed by atoms with E-state index < -0.39 is 11.9 Å². The highest BCUT2D eigenvalue weighted by Crippen LogP contribution is 2.46. The third-order valence-electron chi connectivity index (χ3n) is 4.17. The van der Waals surface area contributed by atoms with E-state index in [1.807, 2.05) is 0 Å². The topological polar surface area (TPSA) is 46.9 Å². The van der Waals surface area contributed by atoms with Gasteiger partial charge in [-0.05, 0) is 37.5 Å². The standard InChI is InChI=1S/C17H15Cl3F3N3O/c18-10-4-5-11(12(19)8-10)16(27)24-6-1-7-26-14(9-2-3-9)13(20)15(25-26)17(21,22)23/h4-5,8-9H,1-3,6-7H2,(H,24,27). The smallest absolute Gasteiger partial charge is 0.352 e. The lowest BCUT2D eigenvalue weighted by atomic mass is 10.2. The van der Waals surface area contributed by atoms with Crippen LogP contribution in [0.15, 0.2) is 18.2 Å². The van der Waals surface area contributed by atoms with Crippen LogP contribution in [0.25, 0.3) is 0 Å². The molecule has 1 N–H and O–H groups in total. The highest BCUT2D eigenvalue weighted by atomic mass is 35.5. The fraction of sp³-hybridized carbons (Fsp3) is 0.412. The minimum atomic E-state index is -4.59. The lowest BCUT2D eigenvalue weighted by Crippen LogP contribution is -2.25. The van der Waals surface area contributed by atoms with Crippen LogP contribution in [-0.2, 0) is 12.7 Å². The highest BCUT2D eigenvalue weighted by molar-refractivity contribution is 6.36. The molecule has 1 aliphatic carbocycles. The summed E-state index contributed by atoms with van der Waals surface area (Å²) < 4.78 is 40.4. The Morgan fingerprint density at radius 2 is 1.96 bits per heavy atom. The molecule has 0 atom stereocenters. The Labute approximate surface area is 168 Å².